The van der Waals surface area contributed by atoms with Crippen molar-refractivity contribution in [3.05, 3.63) is 65.4 Å². The molecule has 3 heteroatoms. The molecule has 1 heterocycles. The molecule has 0 bridgehead atoms. The number of likely N-dealkylation sites (N-methyl/N-ethyl adjacent to an activating group) is 1. The van der Waals surface area contributed by atoms with Crippen LogP contribution in [0.2, 0.25) is 0 Å². The van der Waals surface area contributed by atoms with E-state index in [0.29, 0.717) is 11.8 Å². The minimum Gasteiger partial charge on any atom is -0.344 e. The molecular formula is C24H31N3. The Balaban J connectivity index is 1.97. The second-order valence-electron chi connectivity index (χ2n) is 8.07. The van der Waals surface area contributed by atoms with Gasteiger partial charge in [-0.2, -0.15) is 0 Å². The Hall–Kier alpha value is -2.55. The number of hydrogen-bond donors (Lipinski definition) is 1. The molecule has 1 aromatic rings. The number of aliphatic imine (C=N–C) groups is 1. The highest BCUT2D eigenvalue weighted by Crippen LogP contribution is 2.39. The lowest BCUT2D eigenvalue weighted by molar-refractivity contribution is 0.796. The highest BCUT2D eigenvalue weighted by molar-refractivity contribution is 5.98. The molecule has 0 aromatic heterocycles. The van der Waals surface area contributed by atoms with Crippen molar-refractivity contribution in [2.24, 2.45) is 16.8 Å². The number of allylic oxidation sites excluding steroid dienone is 4. The maximum Gasteiger partial charge on any atom is 0.104 e. The Morgan fingerprint density at radius 2 is 1.96 bits per heavy atom. The number of benzene rings is 1. The van der Waals surface area contributed by atoms with E-state index in [0.717, 1.165) is 17.2 Å². The average Bonchev–Trinajstić information content (AvgIpc) is 3.03. The van der Waals surface area contributed by atoms with Crippen LogP contribution < -0.4 is 10.2 Å². The van der Waals surface area contributed by atoms with Gasteiger partial charge in [0.1, 0.15) is 5.84 Å². The van der Waals surface area contributed by atoms with Crippen LogP contribution in [0.25, 0.3) is 6.08 Å². The molecule has 0 saturated carbocycles. The third-order valence-corrected chi connectivity index (χ3v) is 4.95. The van der Waals surface area contributed by atoms with Crippen LogP contribution in [-0.2, 0) is 0 Å². The molecule has 3 rings (SSSR count). The molecule has 0 fully saturated rings. The molecule has 0 spiro atoms. The van der Waals surface area contributed by atoms with E-state index in [2.05, 4.69) is 101 Å². The molecular weight excluding hydrogens is 330 g/mol. The third-order valence-electron chi connectivity index (χ3n) is 4.95. The molecule has 142 valence electrons. The van der Waals surface area contributed by atoms with E-state index >= 15 is 0 Å². The average molecular weight is 362 g/mol. The van der Waals surface area contributed by atoms with Gasteiger partial charge in [0.2, 0.25) is 0 Å². The third kappa shape index (κ3) is 4.08. The second-order valence-corrected chi connectivity index (χ2v) is 8.07. The molecule has 0 radical (unpaired) electrons. The molecule has 1 aliphatic carbocycles. The standard InChI is InChI=1S/C24H31N3/c1-15(2)24(25-16(3)4)26-21-10-11-23-20(13-21)14-22(18(6)27(23)7)19-9-8-17(5)12-19/h8-17H,6H2,1-5,7H3,(H,25,26). The zero-order valence-corrected chi connectivity index (χ0v) is 17.4. The van der Waals surface area contributed by atoms with E-state index in [1.807, 2.05) is 0 Å². The van der Waals surface area contributed by atoms with Crippen molar-refractivity contribution in [1.82, 2.24) is 0 Å². The van der Waals surface area contributed by atoms with Crippen LogP contribution in [0.4, 0.5) is 11.4 Å². The summed E-state index contributed by atoms with van der Waals surface area (Å²) >= 11 is 0. The lowest BCUT2D eigenvalue weighted by Crippen LogP contribution is -2.23. The highest BCUT2D eigenvalue weighted by atomic mass is 15.1. The molecule has 3 nitrogen and oxygen atoms in total. The van der Waals surface area contributed by atoms with Crippen molar-refractivity contribution in [2.45, 2.75) is 40.7 Å². The summed E-state index contributed by atoms with van der Waals surface area (Å²) in [4.78, 5) is 6.92. The van der Waals surface area contributed by atoms with Crippen LogP contribution in [-0.4, -0.2) is 18.9 Å². The highest BCUT2D eigenvalue weighted by Gasteiger charge is 2.22. The van der Waals surface area contributed by atoms with Crippen molar-refractivity contribution < 1.29 is 0 Å². The lowest BCUT2D eigenvalue weighted by Gasteiger charge is -2.31. The van der Waals surface area contributed by atoms with E-state index in [1.54, 1.807) is 0 Å². The maximum absolute atomic E-state index is 4.74. The van der Waals surface area contributed by atoms with Crippen LogP contribution in [0.15, 0.2) is 64.8 Å². The molecule has 1 N–H and O–H groups in total. The van der Waals surface area contributed by atoms with Gasteiger partial charge in [0.15, 0.2) is 0 Å². The molecule has 0 amide bonds. The monoisotopic (exact) mass is 361 g/mol. The smallest absolute Gasteiger partial charge is 0.104 e. The number of nitrogens with one attached hydrogen (secondary N) is 1. The summed E-state index contributed by atoms with van der Waals surface area (Å²) in [6, 6.07) is 6.76. The van der Waals surface area contributed by atoms with Crippen molar-refractivity contribution in [3.63, 3.8) is 0 Å². The van der Waals surface area contributed by atoms with Gasteiger partial charge in [-0.25, -0.2) is 0 Å². The Morgan fingerprint density at radius 3 is 2.56 bits per heavy atom. The summed E-state index contributed by atoms with van der Waals surface area (Å²) in [6.45, 7) is 15.1. The van der Waals surface area contributed by atoms with E-state index in [9.17, 15) is 0 Å². The van der Waals surface area contributed by atoms with Crippen LogP contribution in [0, 0.1) is 11.8 Å². The van der Waals surface area contributed by atoms with Gasteiger partial charge in [0.25, 0.3) is 0 Å². The fourth-order valence-electron chi connectivity index (χ4n) is 3.45. The number of anilines is 2. The molecule has 2 aliphatic rings. The normalized spacial score (nSPS) is 19.6. The fraction of sp³-hybridized carbons (Fsp3) is 0.375. The summed E-state index contributed by atoms with van der Waals surface area (Å²) in [7, 11) is 2.09. The van der Waals surface area contributed by atoms with Crippen molar-refractivity contribution in [1.29, 1.82) is 0 Å². The van der Waals surface area contributed by atoms with Gasteiger partial charge in [-0.15, -0.1) is 0 Å². The zero-order chi connectivity index (χ0) is 19.7. The number of rotatable bonds is 4. The van der Waals surface area contributed by atoms with E-state index in [1.165, 1.54) is 22.4 Å². The quantitative estimate of drug-likeness (QED) is 0.523. The van der Waals surface area contributed by atoms with E-state index in [-0.39, 0.29) is 6.04 Å². The van der Waals surface area contributed by atoms with Crippen molar-refractivity contribution >= 4 is 23.3 Å². The van der Waals surface area contributed by atoms with Gasteiger partial charge in [0, 0.05) is 47.2 Å². The van der Waals surface area contributed by atoms with Crippen LogP contribution >= 0.6 is 0 Å². The minimum absolute atomic E-state index is 0.275. The molecule has 1 atom stereocenters. The van der Waals surface area contributed by atoms with Gasteiger partial charge in [0.05, 0.1) is 0 Å². The van der Waals surface area contributed by atoms with E-state index in [4.69, 9.17) is 4.99 Å². The van der Waals surface area contributed by atoms with Gasteiger partial charge < -0.3 is 10.2 Å². The predicted molar refractivity (Wildman–Crippen MR) is 119 cm³/mol. The summed E-state index contributed by atoms with van der Waals surface area (Å²) in [5.41, 5.74) is 6.94. The van der Waals surface area contributed by atoms with Gasteiger partial charge in [-0.1, -0.05) is 45.6 Å². The number of fused-ring (bicyclic) bond motifs is 1. The molecule has 1 unspecified atom stereocenters. The summed E-state index contributed by atoms with van der Waals surface area (Å²) in [5, 5.41) is 3.53. The van der Waals surface area contributed by atoms with Crippen LogP contribution in [0.1, 0.15) is 40.2 Å². The minimum atomic E-state index is 0.275. The SMILES string of the molecule is C=C1C(C2=CC(C)C=C2)=Cc2cc(NC(=NC(C)C)C(C)C)ccc2N1C. The molecule has 1 aromatic carbocycles. The van der Waals surface area contributed by atoms with Crippen molar-refractivity contribution in [3.8, 4) is 0 Å². The van der Waals surface area contributed by atoms with Gasteiger partial charge in [-0.3, -0.25) is 4.99 Å². The van der Waals surface area contributed by atoms with Crippen LogP contribution in [0.5, 0.6) is 0 Å². The maximum atomic E-state index is 4.74. The van der Waals surface area contributed by atoms with Gasteiger partial charge >= 0.3 is 0 Å². The Kier molecular flexibility index (Phi) is 5.41. The fourth-order valence-corrected chi connectivity index (χ4v) is 3.45. The summed E-state index contributed by atoms with van der Waals surface area (Å²) < 4.78 is 0. The summed E-state index contributed by atoms with van der Waals surface area (Å²) in [5.74, 6) is 1.86. The summed E-state index contributed by atoms with van der Waals surface area (Å²) in [6.07, 6.45) is 8.98. The number of amidine groups is 1. The first-order chi connectivity index (χ1) is 12.8. The van der Waals surface area contributed by atoms with Crippen LogP contribution in [0.3, 0.4) is 0 Å². The lowest BCUT2D eigenvalue weighted by atomic mass is 9.94. The van der Waals surface area contributed by atoms with Gasteiger partial charge in [-0.05, 0) is 49.6 Å². The topological polar surface area (TPSA) is 27.6 Å². The molecule has 27 heavy (non-hydrogen) atoms. The van der Waals surface area contributed by atoms with E-state index < -0.39 is 0 Å². The Labute approximate surface area is 163 Å². The first-order valence-electron chi connectivity index (χ1n) is 9.80. The second kappa shape index (κ2) is 7.59. The largest absolute Gasteiger partial charge is 0.344 e. The zero-order valence-electron chi connectivity index (χ0n) is 17.4. The molecule has 1 aliphatic heterocycles. The predicted octanol–water partition coefficient (Wildman–Crippen LogP) is 6.04. The first kappa shape index (κ1) is 19.2. The Bertz CT molecular complexity index is 866. The Morgan fingerprint density at radius 1 is 1.22 bits per heavy atom. The number of nitrogens with zero attached hydrogens (tertiary/aromatic N) is 2. The van der Waals surface area contributed by atoms with Crippen molar-refractivity contribution in [2.75, 3.05) is 17.3 Å². The molecule has 0 saturated heterocycles. The number of hydrogen-bond acceptors (Lipinski definition) is 2. The first-order valence-corrected chi connectivity index (χ1v) is 9.80.